The lowest BCUT2D eigenvalue weighted by Gasteiger charge is -2.23. The molecule has 12 nitrogen and oxygen atoms in total. The number of H-pyrrole nitrogens is 1. The Kier molecular flexibility index (Phi) is 9.41. The van der Waals surface area contributed by atoms with Gasteiger partial charge in [0, 0.05) is 24.1 Å². The standard InChI is InChI=1S/C15H24N6O6S/c1-7(15(26)27)19-13(24)10(2-8-3-17-6-18-8)20-14(25)11(4-22)21-12(23)9(16)5-28/h3,6-7,9-11,22,28H,2,4-5,16H2,1H3,(H,17,18)(H,19,24)(H,20,25)(H,21,23)(H,26,27). The van der Waals surface area contributed by atoms with Crippen LogP contribution in [-0.4, -0.2) is 80.4 Å². The van der Waals surface area contributed by atoms with Crippen molar-refractivity contribution in [2.45, 2.75) is 37.5 Å². The smallest absolute Gasteiger partial charge is 0.325 e. The van der Waals surface area contributed by atoms with Crippen LogP contribution in [-0.2, 0) is 25.6 Å². The van der Waals surface area contributed by atoms with E-state index in [0.717, 1.165) is 0 Å². The Morgan fingerprint density at radius 3 is 2.29 bits per heavy atom. The summed E-state index contributed by atoms with van der Waals surface area (Å²) < 4.78 is 0. The minimum Gasteiger partial charge on any atom is -0.480 e. The normalized spacial score (nSPS) is 15.0. The molecule has 0 saturated carbocycles. The SMILES string of the molecule is CC(NC(=O)C(Cc1cnc[nH]1)NC(=O)C(CO)NC(=O)C(N)CS)C(=O)O. The number of aliphatic carboxylic acids is 1. The second kappa shape index (κ2) is 11.3. The summed E-state index contributed by atoms with van der Waals surface area (Å²) in [5.74, 6) is -3.51. The lowest BCUT2D eigenvalue weighted by atomic mass is 10.1. The van der Waals surface area contributed by atoms with E-state index in [-0.39, 0.29) is 12.2 Å². The molecule has 4 atom stereocenters. The van der Waals surface area contributed by atoms with Crippen LogP contribution >= 0.6 is 12.6 Å². The number of nitrogens with zero attached hydrogens (tertiary/aromatic N) is 1. The van der Waals surface area contributed by atoms with Crippen molar-refractivity contribution in [3.8, 4) is 0 Å². The zero-order valence-electron chi connectivity index (χ0n) is 15.1. The third kappa shape index (κ3) is 7.17. The first kappa shape index (κ1) is 23.4. The summed E-state index contributed by atoms with van der Waals surface area (Å²) in [6.45, 7) is 0.533. The van der Waals surface area contributed by atoms with E-state index < -0.39 is 54.5 Å². The fourth-order valence-electron chi connectivity index (χ4n) is 2.03. The molecule has 28 heavy (non-hydrogen) atoms. The van der Waals surface area contributed by atoms with Gasteiger partial charge in [-0.1, -0.05) is 0 Å². The van der Waals surface area contributed by atoms with Crippen LogP contribution in [0, 0.1) is 0 Å². The van der Waals surface area contributed by atoms with Crippen molar-refractivity contribution >= 4 is 36.3 Å². The predicted molar refractivity (Wildman–Crippen MR) is 100 cm³/mol. The van der Waals surface area contributed by atoms with Gasteiger partial charge < -0.3 is 36.9 Å². The second-order valence-electron chi connectivity index (χ2n) is 5.94. The number of imidazole rings is 1. The van der Waals surface area contributed by atoms with Crippen LogP contribution in [0.4, 0.5) is 0 Å². The number of carbonyl (C=O) groups excluding carboxylic acids is 3. The number of rotatable bonds is 11. The number of thiol groups is 1. The molecule has 0 fully saturated rings. The van der Waals surface area contributed by atoms with Gasteiger partial charge in [-0.25, -0.2) is 4.98 Å². The van der Waals surface area contributed by atoms with Crippen molar-refractivity contribution in [3.63, 3.8) is 0 Å². The third-order valence-corrected chi connectivity index (χ3v) is 4.08. The van der Waals surface area contributed by atoms with Gasteiger partial charge in [0.15, 0.2) is 0 Å². The molecule has 0 spiro atoms. The van der Waals surface area contributed by atoms with Gasteiger partial charge in [0.25, 0.3) is 0 Å². The number of nitrogens with one attached hydrogen (secondary N) is 4. The van der Waals surface area contributed by atoms with Gasteiger partial charge in [0.2, 0.25) is 17.7 Å². The number of amides is 3. The monoisotopic (exact) mass is 416 g/mol. The molecule has 0 aliphatic heterocycles. The van der Waals surface area contributed by atoms with Gasteiger partial charge in [-0.3, -0.25) is 19.2 Å². The molecule has 0 aromatic carbocycles. The molecule has 1 aromatic rings. The number of aromatic amines is 1. The molecule has 1 rings (SSSR count). The van der Waals surface area contributed by atoms with Gasteiger partial charge in [-0.05, 0) is 6.92 Å². The van der Waals surface area contributed by atoms with Crippen LogP contribution in [0.1, 0.15) is 12.6 Å². The summed E-state index contributed by atoms with van der Waals surface area (Å²) in [5, 5.41) is 25.2. The highest BCUT2D eigenvalue weighted by atomic mass is 32.1. The fraction of sp³-hybridized carbons (Fsp3) is 0.533. The molecule has 0 saturated heterocycles. The Labute approximate surface area is 166 Å². The Balaban J connectivity index is 2.87. The summed E-state index contributed by atoms with van der Waals surface area (Å²) in [6.07, 6.45) is 2.79. The van der Waals surface area contributed by atoms with E-state index >= 15 is 0 Å². The maximum Gasteiger partial charge on any atom is 0.325 e. The molecule has 3 amide bonds. The number of nitrogens with two attached hydrogens (primary N) is 1. The first-order valence-corrected chi connectivity index (χ1v) is 8.91. The number of hydrogen-bond donors (Lipinski definition) is 8. The van der Waals surface area contributed by atoms with E-state index in [4.69, 9.17) is 10.8 Å². The number of aliphatic hydroxyl groups excluding tert-OH is 1. The van der Waals surface area contributed by atoms with Crippen molar-refractivity contribution in [1.82, 2.24) is 25.9 Å². The van der Waals surface area contributed by atoms with Gasteiger partial charge in [0.05, 0.1) is 19.0 Å². The van der Waals surface area contributed by atoms with Gasteiger partial charge in [0.1, 0.15) is 18.1 Å². The minimum absolute atomic E-state index is 0.0217. The molecule has 0 bridgehead atoms. The van der Waals surface area contributed by atoms with E-state index in [2.05, 4.69) is 38.5 Å². The third-order valence-electron chi connectivity index (χ3n) is 3.69. The van der Waals surface area contributed by atoms with Crippen LogP contribution < -0.4 is 21.7 Å². The lowest BCUT2D eigenvalue weighted by molar-refractivity contribution is -0.141. The highest BCUT2D eigenvalue weighted by Gasteiger charge is 2.29. The molecule has 0 radical (unpaired) electrons. The topological polar surface area (TPSA) is 200 Å². The number of aromatic nitrogens is 2. The van der Waals surface area contributed by atoms with Gasteiger partial charge in [-0.15, -0.1) is 0 Å². The zero-order chi connectivity index (χ0) is 21.3. The zero-order valence-corrected chi connectivity index (χ0v) is 16.0. The Hall–Kier alpha value is -2.64. The summed E-state index contributed by atoms with van der Waals surface area (Å²) in [5.41, 5.74) is 6.01. The maximum atomic E-state index is 12.4. The van der Waals surface area contributed by atoms with E-state index in [9.17, 15) is 24.3 Å². The Bertz CT molecular complexity index is 685. The molecule has 0 aliphatic carbocycles. The largest absolute Gasteiger partial charge is 0.480 e. The highest BCUT2D eigenvalue weighted by Crippen LogP contribution is 2.01. The van der Waals surface area contributed by atoms with E-state index in [1.165, 1.54) is 19.4 Å². The summed E-state index contributed by atoms with van der Waals surface area (Å²) in [7, 11) is 0. The number of aliphatic hydroxyl groups is 1. The van der Waals surface area contributed by atoms with Crippen molar-refractivity contribution in [3.05, 3.63) is 18.2 Å². The molecular weight excluding hydrogens is 392 g/mol. The molecule has 1 heterocycles. The summed E-state index contributed by atoms with van der Waals surface area (Å²) in [4.78, 5) is 54.2. The maximum absolute atomic E-state index is 12.4. The fourth-order valence-corrected chi connectivity index (χ4v) is 2.20. The van der Waals surface area contributed by atoms with Crippen LogP contribution in [0.5, 0.6) is 0 Å². The van der Waals surface area contributed by atoms with Crippen molar-refractivity contribution in [2.24, 2.45) is 5.73 Å². The highest BCUT2D eigenvalue weighted by molar-refractivity contribution is 7.80. The number of hydrogen-bond acceptors (Lipinski definition) is 8. The summed E-state index contributed by atoms with van der Waals surface area (Å²) >= 11 is 3.88. The van der Waals surface area contributed by atoms with E-state index in [1.54, 1.807) is 0 Å². The molecule has 4 unspecified atom stereocenters. The number of carboxylic acid groups (broad SMARTS) is 1. The van der Waals surface area contributed by atoms with Crippen LogP contribution in [0.25, 0.3) is 0 Å². The van der Waals surface area contributed by atoms with E-state index in [1.807, 2.05) is 0 Å². The van der Waals surface area contributed by atoms with Gasteiger partial charge in [-0.2, -0.15) is 12.6 Å². The average Bonchev–Trinajstić information content (AvgIpc) is 3.17. The predicted octanol–water partition coefficient (Wildman–Crippen LogP) is -3.24. The van der Waals surface area contributed by atoms with Crippen LogP contribution in [0.15, 0.2) is 12.5 Å². The van der Waals surface area contributed by atoms with Crippen molar-refractivity contribution < 1.29 is 29.4 Å². The lowest BCUT2D eigenvalue weighted by Crippen LogP contribution is -2.58. The molecular formula is C15H24N6O6S. The molecule has 1 aromatic heterocycles. The van der Waals surface area contributed by atoms with Crippen LogP contribution in [0.2, 0.25) is 0 Å². The Morgan fingerprint density at radius 1 is 1.18 bits per heavy atom. The first-order chi connectivity index (χ1) is 13.2. The molecule has 156 valence electrons. The van der Waals surface area contributed by atoms with Crippen molar-refractivity contribution in [2.75, 3.05) is 12.4 Å². The molecule has 0 aliphatic rings. The quantitative estimate of drug-likeness (QED) is 0.172. The minimum atomic E-state index is -1.35. The summed E-state index contributed by atoms with van der Waals surface area (Å²) in [6, 6.07) is -4.70. The van der Waals surface area contributed by atoms with Crippen molar-refractivity contribution in [1.29, 1.82) is 0 Å². The molecule has 13 heteroatoms. The number of carbonyl (C=O) groups is 4. The Morgan fingerprint density at radius 2 is 1.79 bits per heavy atom. The second-order valence-corrected chi connectivity index (χ2v) is 6.31. The number of carboxylic acids is 1. The van der Waals surface area contributed by atoms with E-state index in [0.29, 0.717) is 5.69 Å². The molecule has 8 N–H and O–H groups in total. The van der Waals surface area contributed by atoms with Gasteiger partial charge >= 0.3 is 5.97 Å². The average molecular weight is 416 g/mol. The first-order valence-electron chi connectivity index (χ1n) is 8.28. The van der Waals surface area contributed by atoms with Crippen LogP contribution in [0.3, 0.4) is 0 Å².